The van der Waals surface area contributed by atoms with E-state index in [1.54, 1.807) is 0 Å². The second-order valence-corrected chi connectivity index (χ2v) is 15.6. The van der Waals surface area contributed by atoms with Gasteiger partial charge in [-0.2, -0.15) is 8.42 Å². The first kappa shape index (κ1) is 39.8. The fraction of sp³-hybridized carbons (Fsp3) is 0.444. The van der Waals surface area contributed by atoms with E-state index in [0.29, 0.717) is 34.1 Å². The van der Waals surface area contributed by atoms with Crippen LogP contribution in [0.2, 0.25) is 0 Å². The lowest BCUT2D eigenvalue weighted by Crippen LogP contribution is -2.32. The normalized spacial score (nSPS) is 17.1. The number of nitrogens with zero attached hydrogens (tertiary/aromatic N) is 3. The van der Waals surface area contributed by atoms with Crippen LogP contribution in [0.15, 0.2) is 69.7 Å². The summed E-state index contributed by atoms with van der Waals surface area (Å²) in [7, 11) is -9.23. The molecule has 2 aromatic rings. The van der Waals surface area contributed by atoms with Crippen LogP contribution < -0.4 is 14.4 Å². The Bertz CT molecular complexity index is 2070. The number of sulfonamides is 1. The number of ether oxygens (including phenoxy) is 2. The number of hydrogen-bond acceptors (Lipinski definition) is 11. The van der Waals surface area contributed by atoms with Crippen molar-refractivity contribution in [1.29, 1.82) is 0 Å². The number of hydroxylamine groups is 2. The molecule has 2 aromatic carbocycles. The van der Waals surface area contributed by atoms with Gasteiger partial charge >= 0.3 is 5.97 Å². The third kappa shape index (κ3) is 8.87. The zero-order valence-electron chi connectivity index (χ0n) is 30.2. The van der Waals surface area contributed by atoms with Crippen molar-refractivity contribution in [3.63, 3.8) is 0 Å². The molecule has 0 spiro atoms. The van der Waals surface area contributed by atoms with Crippen molar-refractivity contribution in [2.45, 2.75) is 69.1 Å². The van der Waals surface area contributed by atoms with Gasteiger partial charge in [-0.1, -0.05) is 12.1 Å². The van der Waals surface area contributed by atoms with E-state index in [0.717, 1.165) is 43.6 Å². The lowest BCUT2D eigenvalue weighted by Gasteiger charge is -2.33. The summed E-state index contributed by atoms with van der Waals surface area (Å²) < 4.78 is 79.4. The zero-order chi connectivity index (χ0) is 38.5. The molecule has 0 bridgehead atoms. The molecular formula is C36H45N4O11S2+. The molecule has 0 radical (unpaired) electrons. The number of rotatable bonds is 16. The highest BCUT2D eigenvalue weighted by molar-refractivity contribution is 7.89. The van der Waals surface area contributed by atoms with Crippen molar-refractivity contribution in [3.05, 3.63) is 71.0 Å². The van der Waals surface area contributed by atoms with E-state index in [9.17, 15) is 35.8 Å². The maximum Gasteiger partial charge on any atom is 0.335 e. The molecule has 286 valence electrons. The number of carbonyl (C=O) groups is 3. The van der Waals surface area contributed by atoms with Gasteiger partial charge in [0.1, 0.15) is 24.6 Å². The topological polar surface area (TPSA) is 189 Å². The molecule has 1 unspecified atom stereocenters. The second-order valence-electron chi connectivity index (χ2n) is 12.5. The summed E-state index contributed by atoms with van der Waals surface area (Å²) in [5.41, 5.74) is 3.51. The minimum atomic E-state index is -4.94. The molecule has 2 amide bonds. The highest BCUT2D eigenvalue weighted by Gasteiger charge is 2.37. The van der Waals surface area contributed by atoms with Crippen molar-refractivity contribution in [2.24, 2.45) is 0 Å². The van der Waals surface area contributed by atoms with Crippen molar-refractivity contribution in [1.82, 2.24) is 9.79 Å². The molecule has 0 aromatic heterocycles. The summed E-state index contributed by atoms with van der Waals surface area (Å²) in [4.78, 5) is 41.1. The van der Waals surface area contributed by atoms with Gasteiger partial charge in [0.25, 0.3) is 21.9 Å². The minimum absolute atomic E-state index is 0.0358. The quantitative estimate of drug-likeness (QED) is 0.110. The number of anilines is 1. The van der Waals surface area contributed by atoms with Crippen molar-refractivity contribution >= 4 is 49.3 Å². The van der Waals surface area contributed by atoms with Crippen LogP contribution in [0.5, 0.6) is 5.75 Å². The Morgan fingerprint density at radius 1 is 0.962 bits per heavy atom. The van der Waals surface area contributed by atoms with Gasteiger partial charge in [-0.05, 0) is 57.5 Å². The molecule has 0 saturated carbocycles. The SMILES string of the molecule is CCN(CC)c1ccc2c(c1)OC1=C(C=CC(=[N+](CC)CC)C1)C2c1ccc(S(=O)(=O)NCCOCCC(=O)ON2C(=O)CCC2=O)cc1S(=O)(=O)O. The van der Waals surface area contributed by atoms with Crippen molar-refractivity contribution in [2.75, 3.05) is 50.8 Å². The number of allylic oxidation sites excluding steroid dienone is 4. The van der Waals surface area contributed by atoms with Crippen LogP contribution in [-0.2, 0) is 44.1 Å². The molecular weight excluding hydrogens is 729 g/mol. The van der Waals surface area contributed by atoms with E-state index in [1.807, 2.05) is 44.2 Å². The smallest absolute Gasteiger partial charge is 0.335 e. The van der Waals surface area contributed by atoms with E-state index in [-0.39, 0.29) is 44.6 Å². The Hall–Kier alpha value is -4.42. The number of carbonyl (C=O) groups excluding carboxylic acids is 3. The Kier molecular flexibility index (Phi) is 12.5. The zero-order valence-corrected chi connectivity index (χ0v) is 31.8. The number of fused-ring (bicyclic) bond motifs is 1. The molecule has 2 heterocycles. The van der Waals surface area contributed by atoms with Crippen LogP contribution in [0.4, 0.5) is 5.69 Å². The van der Waals surface area contributed by atoms with Gasteiger partial charge in [0.2, 0.25) is 10.0 Å². The minimum Gasteiger partial charge on any atom is -0.460 e. The first-order valence-electron chi connectivity index (χ1n) is 17.6. The van der Waals surface area contributed by atoms with Gasteiger partial charge in [0.15, 0.2) is 5.71 Å². The number of amides is 2. The number of nitrogens with one attached hydrogen (secondary N) is 1. The van der Waals surface area contributed by atoms with Crippen LogP contribution in [0.1, 0.15) is 70.4 Å². The maximum absolute atomic E-state index is 13.3. The lowest BCUT2D eigenvalue weighted by molar-refractivity contribution is -0.521. The van der Waals surface area contributed by atoms with E-state index in [1.165, 1.54) is 12.1 Å². The monoisotopic (exact) mass is 773 g/mol. The molecule has 1 atom stereocenters. The molecule has 53 heavy (non-hydrogen) atoms. The first-order valence-corrected chi connectivity index (χ1v) is 20.5. The van der Waals surface area contributed by atoms with Gasteiger partial charge in [-0.3, -0.25) is 14.1 Å². The van der Waals surface area contributed by atoms with E-state index >= 15 is 0 Å². The largest absolute Gasteiger partial charge is 0.460 e. The summed E-state index contributed by atoms with van der Waals surface area (Å²) in [6, 6.07) is 9.35. The van der Waals surface area contributed by atoms with Crippen molar-refractivity contribution in [3.8, 4) is 5.75 Å². The van der Waals surface area contributed by atoms with Crippen LogP contribution in [0, 0.1) is 0 Å². The molecule has 1 saturated heterocycles. The van der Waals surface area contributed by atoms with Gasteiger partial charge in [0, 0.05) is 67.4 Å². The Labute approximate surface area is 309 Å². The molecule has 1 fully saturated rings. The van der Waals surface area contributed by atoms with E-state index in [4.69, 9.17) is 14.3 Å². The van der Waals surface area contributed by atoms with E-state index in [2.05, 4.69) is 28.0 Å². The fourth-order valence-electron chi connectivity index (χ4n) is 6.61. The third-order valence-corrected chi connectivity index (χ3v) is 11.7. The predicted molar refractivity (Wildman–Crippen MR) is 194 cm³/mol. The summed E-state index contributed by atoms with van der Waals surface area (Å²) in [5, 5.41) is 0.427. The molecule has 15 nitrogen and oxygen atoms in total. The molecule has 3 aliphatic rings. The Morgan fingerprint density at radius 3 is 2.28 bits per heavy atom. The predicted octanol–water partition coefficient (Wildman–Crippen LogP) is 3.30. The molecule has 5 rings (SSSR count). The Balaban J connectivity index is 1.38. The summed E-state index contributed by atoms with van der Waals surface area (Å²) in [5.74, 6) is -1.62. The Morgan fingerprint density at radius 2 is 1.64 bits per heavy atom. The first-order chi connectivity index (χ1) is 25.2. The third-order valence-electron chi connectivity index (χ3n) is 9.34. The number of benzene rings is 2. The summed E-state index contributed by atoms with van der Waals surface area (Å²) in [6.07, 6.45) is 3.96. The summed E-state index contributed by atoms with van der Waals surface area (Å²) >= 11 is 0. The maximum atomic E-state index is 13.3. The highest BCUT2D eigenvalue weighted by atomic mass is 32.2. The molecule has 2 N–H and O–H groups in total. The number of hydrogen-bond donors (Lipinski definition) is 2. The van der Waals surface area contributed by atoms with Crippen LogP contribution in [0.25, 0.3) is 0 Å². The molecule has 17 heteroatoms. The van der Waals surface area contributed by atoms with Gasteiger partial charge in [-0.15, -0.1) is 5.06 Å². The molecule has 2 aliphatic heterocycles. The number of imide groups is 1. The fourth-order valence-corrected chi connectivity index (χ4v) is 8.49. The highest BCUT2D eigenvalue weighted by Crippen LogP contribution is 2.48. The van der Waals surface area contributed by atoms with Crippen LogP contribution in [0.3, 0.4) is 0 Å². The second kappa shape index (κ2) is 16.7. The standard InChI is InChI=1S/C36H44N4O11S2/c1-5-38(6-2)24-9-12-27-30(21-24)50-31-22-25(39(7-3)8-4)10-13-28(31)36(27)29-14-11-26(23-32(29)53(46,47)48)52(44,45)37-18-20-49-19-17-35(43)51-40-33(41)15-16-34(40)42/h9-14,21,23,36-37H,5-8,15-20,22H2,1-4H3/p+1. The average Bonchev–Trinajstić information content (AvgIpc) is 3.44. The van der Waals surface area contributed by atoms with Gasteiger partial charge in [-0.25, -0.2) is 22.5 Å². The summed E-state index contributed by atoms with van der Waals surface area (Å²) in [6.45, 7) is 10.7. The van der Waals surface area contributed by atoms with Gasteiger partial charge < -0.3 is 19.2 Å². The van der Waals surface area contributed by atoms with Crippen molar-refractivity contribution < 1.29 is 54.7 Å². The molecule has 1 aliphatic carbocycles. The average molecular weight is 774 g/mol. The van der Waals surface area contributed by atoms with Crippen LogP contribution >= 0.6 is 0 Å². The lowest BCUT2D eigenvalue weighted by atomic mass is 9.79. The van der Waals surface area contributed by atoms with Gasteiger partial charge in [0.05, 0.1) is 35.8 Å². The van der Waals surface area contributed by atoms with E-state index < -0.39 is 53.6 Å². The van der Waals surface area contributed by atoms with Crippen LogP contribution in [-0.4, -0.2) is 100 Å².